The zero-order valence-electron chi connectivity index (χ0n) is 10.9. The van der Waals surface area contributed by atoms with Crippen molar-refractivity contribution in [3.63, 3.8) is 0 Å². The minimum Gasteiger partial charge on any atom is -0.384 e. The highest BCUT2D eigenvalue weighted by Gasteiger charge is 2.45. The number of benzene rings is 1. The van der Waals surface area contributed by atoms with E-state index < -0.39 is 5.60 Å². The predicted octanol–water partition coefficient (Wildman–Crippen LogP) is 3.47. The summed E-state index contributed by atoms with van der Waals surface area (Å²) in [6, 6.07) is 3.88. The van der Waals surface area contributed by atoms with Crippen molar-refractivity contribution in [2.24, 2.45) is 11.8 Å². The number of aryl methyl sites for hydroxylation is 1. The molecule has 4 heteroatoms. The lowest BCUT2D eigenvalue weighted by Crippen LogP contribution is -2.53. The van der Waals surface area contributed by atoms with Crippen LogP contribution in [-0.4, -0.2) is 18.2 Å². The smallest absolute Gasteiger partial charge is 0.0988 e. The van der Waals surface area contributed by atoms with Crippen molar-refractivity contribution in [1.82, 2.24) is 5.32 Å². The molecule has 0 saturated carbocycles. The Balaban J connectivity index is 2.58. The lowest BCUT2D eigenvalue weighted by Gasteiger charge is -2.45. The third kappa shape index (κ3) is 2.22. The molecule has 18 heavy (non-hydrogen) atoms. The maximum Gasteiger partial charge on any atom is 0.0988 e. The van der Waals surface area contributed by atoms with E-state index in [4.69, 9.17) is 11.6 Å². The SMILES string of the molecule is Cc1cc(Br)cc(Cl)c1C1(O)[C@H](C)CNC[C@@H]1C. The van der Waals surface area contributed by atoms with Crippen LogP contribution < -0.4 is 5.32 Å². The van der Waals surface area contributed by atoms with Crippen molar-refractivity contribution in [2.75, 3.05) is 13.1 Å². The van der Waals surface area contributed by atoms with Crippen molar-refractivity contribution in [2.45, 2.75) is 26.4 Å². The summed E-state index contributed by atoms with van der Waals surface area (Å²) in [6.45, 7) is 7.77. The van der Waals surface area contributed by atoms with Gasteiger partial charge in [0.2, 0.25) is 0 Å². The van der Waals surface area contributed by atoms with Crippen molar-refractivity contribution in [3.05, 3.63) is 32.8 Å². The maximum atomic E-state index is 11.2. The van der Waals surface area contributed by atoms with Crippen LogP contribution in [0, 0.1) is 18.8 Å². The Kier molecular flexibility index (Phi) is 4.07. The van der Waals surface area contributed by atoms with Gasteiger partial charge in [-0.3, -0.25) is 0 Å². The number of hydrogen-bond acceptors (Lipinski definition) is 2. The molecule has 2 N–H and O–H groups in total. The lowest BCUT2D eigenvalue weighted by molar-refractivity contribution is -0.0810. The highest BCUT2D eigenvalue weighted by atomic mass is 79.9. The number of aliphatic hydroxyl groups is 1. The van der Waals surface area contributed by atoms with Gasteiger partial charge in [-0.05, 0) is 24.6 Å². The summed E-state index contributed by atoms with van der Waals surface area (Å²) in [7, 11) is 0. The zero-order chi connectivity index (χ0) is 13.5. The molecule has 1 aliphatic heterocycles. The first-order valence-corrected chi connectivity index (χ1v) is 7.43. The number of halogens is 2. The molecule has 1 unspecified atom stereocenters. The molecule has 2 rings (SSSR count). The summed E-state index contributed by atoms with van der Waals surface area (Å²) in [5.41, 5.74) is 1.07. The van der Waals surface area contributed by atoms with Crippen molar-refractivity contribution < 1.29 is 5.11 Å². The van der Waals surface area contributed by atoms with E-state index >= 15 is 0 Å². The first-order valence-electron chi connectivity index (χ1n) is 6.26. The number of nitrogens with one attached hydrogen (secondary N) is 1. The standard InChI is InChI=1S/C14H19BrClNO/c1-8-4-11(15)5-12(16)13(8)14(18)9(2)6-17-7-10(14)3/h4-5,9-10,17-18H,6-7H2,1-3H3/t9-,10+,14?. The van der Waals surface area contributed by atoms with Gasteiger partial charge in [-0.2, -0.15) is 0 Å². The Bertz CT molecular complexity index is 430. The van der Waals surface area contributed by atoms with Gasteiger partial charge in [0.15, 0.2) is 0 Å². The number of piperidine rings is 1. The van der Waals surface area contributed by atoms with Gasteiger partial charge in [-0.25, -0.2) is 0 Å². The van der Waals surface area contributed by atoms with Crippen LogP contribution in [0.1, 0.15) is 25.0 Å². The Morgan fingerprint density at radius 2 is 1.89 bits per heavy atom. The molecule has 1 aromatic rings. The van der Waals surface area contributed by atoms with Gasteiger partial charge in [0.05, 0.1) is 5.60 Å². The van der Waals surface area contributed by atoms with Gasteiger partial charge in [0, 0.05) is 40.0 Å². The van der Waals surface area contributed by atoms with Gasteiger partial charge in [0.25, 0.3) is 0 Å². The lowest BCUT2D eigenvalue weighted by atomic mass is 9.70. The molecule has 1 heterocycles. The van der Waals surface area contributed by atoms with E-state index in [0.717, 1.165) is 28.7 Å². The maximum absolute atomic E-state index is 11.2. The molecule has 0 aliphatic carbocycles. The minimum absolute atomic E-state index is 0.138. The van der Waals surface area contributed by atoms with Crippen LogP contribution in [0.15, 0.2) is 16.6 Å². The zero-order valence-corrected chi connectivity index (χ0v) is 13.3. The molecule has 0 bridgehead atoms. The van der Waals surface area contributed by atoms with E-state index in [9.17, 15) is 5.11 Å². The van der Waals surface area contributed by atoms with Crippen molar-refractivity contribution in [3.8, 4) is 0 Å². The summed E-state index contributed by atoms with van der Waals surface area (Å²) >= 11 is 9.82. The summed E-state index contributed by atoms with van der Waals surface area (Å²) in [5.74, 6) is 0.275. The second-order valence-electron chi connectivity index (χ2n) is 5.37. The topological polar surface area (TPSA) is 32.3 Å². The summed E-state index contributed by atoms with van der Waals surface area (Å²) in [4.78, 5) is 0. The molecule has 3 atom stereocenters. The highest BCUT2D eigenvalue weighted by molar-refractivity contribution is 9.10. The molecule has 1 saturated heterocycles. The molecular weight excluding hydrogens is 314 g/mol. The van der Waals surface area contributed by atoms with Gasteiger partial charge in [0.1, 0.15) is 0 Å². The number of hydrogen-bond donors (Lipinski definition) is 2. The third-order valence-electron chi connectivity index (χ3n) is 4.06. The first kappa shape index (κ1) is 14.3. The van der Waals surface area contributed by atoms with E-state index in [2.05, 4.69) is 35.1 Å². The Labute approximate surface area is 122 Å². The molecule has 0 radical (unpaired) electrons. The van der Waals surface area contributed by atoms with Crippen LogP contribution in [0.2, 0.25) is 5.02 Å². The van der Waals surface area contributed by atoms with E-state index in [1.807, 2.05) is 19.1 Å². The van der Waals surface area contributed by atoms with Crippen LogP contribution in [0.4, 0.5) is 0 Å². The van der Waals surface area contributed by atoms with E-state index in [-0.39, 0.29) is 11.8 Å². The summed E-state index contributed by atoms with van der Waals surface area (Å²) in [6.07, 6.45) is 0. The van der Waals surface area contributed by atoms with Gasteiger partial charge < -0.3 is 10.4 Å². The monoisotopic (exact) mass is 331 g/mol. The van der Waals surface area contributed by atoms with E-state index in [0.29, 0.717) is 5.02 Å². The highest BCUT2D eigenvalue weighted by Crippen LogP contribution is 2.44. The molecule has 0 aromatic heterocycles. The fourth-order valence-electron chi connectivity index (χ4n) is 3.02. The average Bonchev–Trinajstić information content (AvgIpc) is 2.24. The molecule has 1 fully saturated rings. The molecule has 0 amide bonds. The normalized spacial score (nSPS) is 32.6. The Morgan fingerprint density at radius 3 is 2.39 bits per heavy atom. The second-order valence-corrected chi connectivity index (χ2v) is 6.69. The summed E-state index contributed by atoms with van der Waals surface area (Å²) in [5, 5.41) is 15.2. The molecule has 1 aliphatic rings. The van der Waals surface area contributed by atoms with Crippen LogP contribution in [-0.2, 0) is 5.60 Å². The second kappa shape index (κ2) is 5.12. The van der Waals surface area contributed by atoms with Crippen molar-refractivity contribution in [1.29, 1.82) is 0 Å². The molecule has 1 aromatic carbocycles. The minimum atomic E-state index is -0.854. The van der Waals surface area contributed by atoms with Gasteiger partial charge in [-0.1, -0.05) is 41.4 Å². The fourth-order valence-corrected chi connectivity index (χ4v) is 4.14. The fraction of sp³-hybridized carbons (Fsp3) is 0.571. The first-order chi connectivity index (χ1) is 8.37. The quantitative estimate of drug-likeness (QED) is 0.825. The van der Waals surface area contributed by atoms with E-state index in [1.165, 1.54) is 0 Å². The molecular formula is C14H19BrClNO. The van der Waals surface area contributed by atoms with Crippen LogP contribution >= 0.6 is 27.5 Å². The van der Waals surface area contributed by atoms with E-state index in [1.54, 1.807) is 0 Å². The molecule has 100 valence electrons. The molecule has 0 spiro atoms. The van der Waals surface area contributed by atoms with Crippen LogP contribution in [0.25, 0.3) is 0 Å². The predicted molar refractivity (Wildman–Crippen MR) is 79.0 cm³/mol. The Morgan fingerprint density at radius 1 is 1.33 bits per heavy atom. The van der Waals surface area contributed by atoms with Gasteiger partial charge in [-0.15, -0.1) is 0 Å². The number of rotatable bonds is 1. The van der Waals surface area contributed by atoms with Crippen LogP contribution in [0.3, 0.4) is 0 Å². The average molecular weight is 333 g/mol. The van der Waals surface area contributed by atoms with Crippen molar-refractivity contribution >= 4 is 27.5 Å². The largest absolute Gasteiger partial charge is 0.384 e. The third-order valence-corrected chi connectivity index (χ3v) is 4.81. The van der Waals surface area contributed by atoms with Gasteiger partial charge >= 0.3 is 0 Å². The Hall–Kier alpha value is -0.0900. The molecule has 2 nitrogen and oxygen atoms in total. The summed E-state index contributed by atoms with van der Waals surface area (Å²) < 4.78 is 0.951. The van der Waals surface area contributed by atoms with Crippen LogP contribution in [0.5, 0.6) is 0 Å².